The number of halogens is 2. The molecular weight excluding hydrogens is 388 g/mol. The summed E-state index contributed by atoms with van der Waals surface area (Å²) in [6, 6.07) is 12.8. The maximum Gasteiger partial charge on any atom is 0.265 e. The van der Waals surface area contributed by atoms with Crippen molar-refractivity contribution in [1.82, 2.24) is 5.43 Å². The van der Waals surface area contributed by atoms with Gasteiger partial charge < -0.3 is 4.74 Å². The van der Waals surface area contributed by atoms with Gasteiger partial charge in [0.15, 0.2) is 0 Å². The molecule has 2 rings (SSSR count). The number of benzene rings is 2. The molecule has 0 saturated heterocycles. The van der Waals surface area contributed by atoms with E-state index in [4.69, 9.17) is 10.6 Å². The average Bonchev–Trinajstić information content (AvgIpc) is 2.46. The Bertz CT molecular complexity index is 615. The van der Waals surface area contributed by atoms with Crippen molar-refractivity contribution < 1.29 is 9.53 Å². The Morgan fingerprint density at radius 2 is 1.85 bits per heavy atom. The first kappa shape index (κ1) is 15.0. The van der Waals surface area contributed by atoms with Gasteiger partial charge in [-0.15, -0.1) is 0 Å². The molecule has 0 bridgehead atoms. The molecule has 4 nitrogen and oxygen atoms in total. The van der Waals surface area contributed by atoms with Crippen LogP contribution in [0.1, 0.15) is 15.9 Å². The Balaban J connectivity index is 2.06. The summed E-state index contributed by atoms with van der Waals surface area (Å²) in [7, 11) is 0. The molecule has 0 unspecified atom stereocenters. The summed E-state index contributed by atoms with van der Waals surface area (Å²) in [4.78, 5) is 11.4. The van der Waals surface area contributed by atoms with Crippen LogP contribution in [0, 0.1) is 0 Å². The first-order chi connectivity index (χ1) is 9.60. The van der Waals surface area contributed by atoms with E-state index in [9.17, 15) is 4.79 Å². The van der Waals surface area contributed by atoms with E-state index in [1.54, 1.807) is 12.1 Å². The number of carbonyl (C=O) groups is 1. The molecule has 20 heavy (non-hydrogen) atoms. The van der Waals surface area contributed by atoms with Crippen LogP contribution >= 0.6 is 31.9 Å². The number of nitrogen functional groups attached to an aromatic ring is 1. The van der Waals surface area contributed by atoms with E-state index < -0.39 is 0 Å². The van der Waals surface area contributed by atoms with Crippen LogP contribution in [0.2, 0.25) is 0 Å². The van der Waals surface area contributed by atoms with Crippen molar-refractivity contribution in [2.45, 2.75) is 6.61 Å². The molecule has 3 N–H and O–H groups in total. The number of ether oxygens (including phenoxy) is 1. The Labute approximate surface area is 133 Å². The van der Waals surface area contributed by atoms with Crippen molar-refractivity contribution in [3.63, 3.8) is 0 Å². The first-order valence-corrected chi connectivity index (χ1v) is 7.36. The fourth-order valence-electron chi connectivity index (χ4n) is 1.58. The summed E-state index contributed by atoms with van der Waals surface area (Å²) in [5, 5.41) is 0. The van der Waals surface area contributed by atoms with Gasteiger partial charge in [0.2, 0.25) is 0 Å². The predicted octanol–water partition coefficient (Wildman–Crippen LogP) is 3.39. The number of amides is 1. The number of carbonyl (C=O) groups excluding carboxylic acids is 1. The number of hydrogen-bond acceptors (Lipinski definition) is 3. The molecule has 6 heteroatoms. The van der Waals surface area contributed by atoms with E-state index in [1.165, 1.54) is 0 Å². The lowest BCUT2D eigenvalue weighted by Crippen LogP contribution is -2.29. The zero-order chi connectivity index (χ0) is 14.5. The second-order valence-corrected chi connectivity index (χ2v) is 5.79. The third-order valence-electron chi connectivity index (χ3n) is 2.65. The molecule has 1 amide bonds. The third kappa shape index (κ3) is 3.82. The Kier molecular flexibility index (Phi) is 5.17. The quantitative estimate of drug-likeness (QED) is 0.470. The zero-order valence-corrected chi connectivity index (χ0v) is 13.6. The van der Waals surface area contributed by atoms with Gasteiger partial charge >= 0.3 is 0 Å². The molecule has 0 spiro atoms. The highest BCUT2D eigenvalue weighted by molar-refractivity contribution is 9.10. The van der Waals surface area contributed by atoms with Crippen LogP contribution in [0.15, 0.2) is 51.4 Å². The van der Waals surface area contributed by atoms with E-state index >= 15 is 0 Å². The molecule has 104 valence electrons. The van der Waals surface area contributed by atoms with Gasteiger partial charge in [-0.2, -0.15) is 0 Å². The standard InChI is InChI=1S/C14H12Br2N2O2/c15-11-3-5-12(6-4-11)20-8-10-2-1-9(7-13(10)16)14(19)18-17/h1-7H,8,17H2,(H,18,19). The van der Waals surface area contributed by atoms with Gasteiger partial charge in [0, 0.05) is 20.1 Å². The molecule has 0 heterocycles. The summed E-state index contributed by atoms with van der Waals surface area (Å²) in [5.41, 5.74) is 3.53. The fraction of sp³-hybridized carbons (Fsp3) is 0.0714. The molecule has 0 radical (unpaired) electrons. The lowest BCUT2D eigenvalue weighted by molar-refractivity contribution is 0.0953. The van der Waals surface area contributed by atoms with Crippen molar-refractivity contribution in [2.75, 3.05) is 0 Å². The summed E-state index contributed by atoms with van der Waals surface area (Å²) < 4.78 is 7.48. The van der Waals surface area contributed by atoms with E-state index in [-0.39, 0.29) is 5.91 Å². The fourth-order valence-corrected chi connectivity index (χ4v) is 2.34. The number of nitrogens with one attached hydrogen (secondary N) is 1. The van der Waals surface area contributed by atoms with Gasteiger partial charge in [0.1, 0.15) is 12.4 Å². The molecule has 0 saturated carbocycles. The molecule has 0 aromatic heterocycles. The summed E-state index contributed by atoms with van der Waals surface area (Å²) >= 11 is 6.79. The normalized spacial score (nSPS) is 10.2. The highest BCUT2D eigenvalue weighted by Gasteiger charge is 2.07. The minimum atomic E-state index is -0.328. The maximum absolute atomic E-state index is 11.4. The molecular formula is C14H12Br2N2O2. The van der Waals surface area contributed by atoms with Crippen LogP contribution < -0.4 is 16.0 Å². The van der Waals surface area contributed by atoms with Crippen molar-refractivity contribution in [1.29, 1.82) is 0 Å². The molecule has 0 fully saturated rings. The number of rotatable bonds is 4. The lowest BCUT2D eigenvalue weighted by atomic mass is 10.1. The molecule has 2 aromatic carbocycles. The van der Waals surface area contributed by atoms with E-state index in [1.807, 2.05) is 30.3 Å². The molecule has 0 atom stereocenters. The van der Waals surface area contributed by atoms with Crippen LogP contribution in [-0.2, 0) is 6.61 Å². The third-order valence-corrected chi connectivity index (χ3v) is 3.92. The summed E-state index contributed by atoms with van der Waals surface area (Å²) in [6.45, 7) is 0.409. The van der Waals surface area contributed by atoms with Crippen molar-refractivity contribution >= 4 is 37.8 Å². The summed E-state index contributed by atoms with van der Waals surface area (Å²) in [6.07, 6.45) is 0. The van der Waals surface area contributed by atoms with E-state index in [2.05, 4.69) is 37.3 Å². The summed E-state index contributed by atoms with van der Waals surface area (Å²) in [5.74, 6) is 5.55. The molecule has 0 aliphatic carbocycles. The molecule has 0 aliphatic rings. The molecule has 0 aliphatic heterocycles. The van der Waals surface area contributed by atoms with Crippen molar-refractivity contribution in [2.24, 2.45) is 5.84 Å². The van der Waals surface area contributed by atoms with Crippen LogP contribution in [-0.4, -0.2) is 5.91 Å². The van der Waals surface area contributed by atoms with Crippen LogP contribution in [0.25, 0.3) is 0 Å². The largest absolute Gasteiger partial charge is 0.489 e. The molecule has 2 aromatic rings. The number of nitrogens with two attached hydrogens (primary N) is 1. The lowest BCUT2D eigenvalue weighted by Gasteiger charge is -2.09. The SMILES string of the molecule is NNC(=O)c1ccc(COc2ccc(Br)cc2)c(Br)c1. The second kappa shape index (κ2) is 6.88. The van der Waals surface area contributed by atoms with E-state index in [0.717, 1.165) is 20.3 Å². The second-order valence-electron chi connectivity index (χ2n) is 4.02. The average molecular weight is 400 g/mol. The van der Waals surface area contributed by atoms with Crippen molar-refractivity contribution in [3.8, 4) is 5.75 Å². The van der Waals surface area contributed by atoms with Crippen molar-refractivity contribution in [3.05, 3.63) is 62.5 Å². The monoisotopic (exact) mass is 398 g/mol. The topological polar surface area (TPSA) is 64.3 Å². The minimum Gasteiger partial charge on any atom is -0.489 e. The maximum atomic E-state index is 11.4. The number of hydrazine groups is 1. The minimum absolute atomic E-state index is 0.328. The van der Waals surface area contributed by atoms with Gasteiger partial charge in [-0.3, -0.25) is 10.2 Å². The first-order valence-electron chi connectivity index (χ1n) is 5.78. The van der Waals surface area contributed by atoms with Crippen LogP contribution in [0.3, 0.4) is 0 Å². The Morgan fingerprint density at radius 3 is 2.45 bits per heavy atom. The highest BCUT2D eigenvalue weighted by Crippen LogP contribution is 2.22. The van der Waals surface area contributed by atoms with Gasteiger partial charge in [-0.25, -0.2) is 5.84 Å². The van der Waals surface area contributed by atoms with Gasteiger partial charge in [-0.1, -0.05) is 37.9 Å². The number of hydrogen-bond donors (Lipinski definition) is 2. The van der Waals surface area contributed by atoms with Gasteiger partial charge in [0.25, 0.3) is 5.91 Å². The predicted molar refractivity (Wildman–Crippen MR) is 84.3 cm³/mol. The van der Waals surface area contributed by atoms with Crippen LogP contribution in [0.4, 0.5) is 0 Å². The highest BCUT2D eigenvalue weighted by atomic mass is 79.9. The van der Waals surface area contributed by atoms with Gasteiger partial charge in [0.05, 0.1) is 0 Å². The van der Waals surface area contributed by atoms with Crippen LogP contribution in [0.5, 0.6) is 5.75 Å². The smallest absolute Gasteiger partial charge is 0.265 e. The Hall–Kier alpha value is -1.37. The van der Waals surface area contributed by atoms with Gasteiger partial charge in [-0.05, 0) is 36.4 Å². The Morgan fingerprint density at radius 1 is 1.15 bits per heavy atom. The van der Waals surface area contributed by atoms with E-state index in [0.29, 0.717) is 12.2 Å². The zero-order valence-electron chi connectivity index (χ0n) is 10.4.